The van der Waals surface area contributed by atoms with Crippen molar-refractivity contribution in [1.29, 1.82) is 0 Å². The summed E-state index contributed by atoms with van der Waals surface area (Å²) in [5.74, 6) is -0.526. The van der Waals surface area contributed by atoms with E-state index in [9.17, 15) is 18.0 Å². The van der Waals surface area contributed by atoms with Crippen molar-refractivity contribution in [1.82, 2.24) is 4.90 Å². The second-order valence-corrected chi connectivity index (χ2v) is 5.61. The van der Waals surface area contributed by atoms with Crippen LogP contribution in [0.25, 0.3) is 0 Å². The molecule has 1 aliphatic rings. The van der Waals surface area contributed by atoms with E-state index in [1.165, 1.54) is 18.2 Å². The Morgan fingerprint density at radius 3 is 2.45 bits per heavy atom. The van der Waals surface area contributed by atoms with Gasteiger partial charge in [0.05, 0.1) is 11.1 Å². The van der Waals surface area contributed by atoms with Gasteiger partial charge in [-0.2, -0.15) is 13.2 Å². The van der Waals surface area contributed by atoms with Crippen molar-refractivity contribution >= 4 is 21.8 Å². The average molecular weight is 350 g/mol. The first-order valence-electron chi connectivity index (χ1n) is 6.48. The van der Waals surface area contributed by atoms with Crippen LogP contribution in [0.2, 0.25) is 0 Å². The summed E-state index contributed by atoms with van der Waals surface area (Å²) in [5.41, 5.74) is -1.11. The van der Waals surface area contributed by atoms with Crippen LogP contribution in [-0.2, 0) is 6.18 Å². The number of nitrogens with zero attached hydrogens (tertiary/aromatic N) is 1. The number of halogens is 4. The molecule has 1 aromatic rings. The van der Waals surface area contributed by atoms with Gasteiger partial charge in [0, 0.05) is 17.9 Å². The molecular formula is C14H15BrF3NO. The largest absolute Gasteiger partial charge is 0.417 e. The molecule has 0 saturated heterocycles. The maximum absolute atomic E-state index is 13.0. The van der Waals surface area contributed by atoms with E-state index in [2.05, 4.69) is 15.9 Å². The highest BCUT2D eigenvalue weighted by Gasteiger charge is 2.37. The molecule has 110 valence electrons. The SMILES string of the molecule is O=C(c1ccccc1C(F)(F)F)N(CCBr)C1CCC1. The van der Waals surface area contributed by atoms with Crippen LogP contribution in [0.4, 0.5) is 13.2 Å². The Morgan fingerprint density at radius 2 is 1.95 bits per heavy atom. The predicted molar refractivity (Wildman–Crippen MR) is 73.9 cm³/mol. The zero-order valence-electron chi connectivity index (χ0n) is 10.8. The Labute approximate surface area is 124 Å². The maximum Gasteiger partial charge on any atom is 0.417 e. The number of amides is 1. The Bertz CT molecular complexity index is 486. The van der Waals surface area contributed by atoms with Gasteiger partial charge in [-0.15, -0.1) is 0 Å². The van der Waals surface area contributed by atoms with Crippen LogP contribution in [0.1, 0.15) is 35.2 Å². The predicted octanol–water partition coefficient (Wildman–Crippen LogP) is 4.10. The van der Waals surface area contributed by atoms with Crippen LogP contribution in [-0.4, -0.2) is 28.7 Å². The molecule has 1 amide bonds. The van der Waals surface area contributed by atoms with Crippen molar-refractivity contribution in [2.24, 2.45) is 0 Å². The van der Waals surface area contributed by atoms with Crippen LogP contribution in [0, 0.1) is 0 Å². The van der Waals surface area contributed by atoms with Crippen molar-refractivity contribution < 1.29 is 18.0 Å². The standard InChI is InChI=1S/C14H15BrF3NO/c15-8-9-19(10-4-3-5-10)13(20)11-6-1-2-7-12(11)14(16,17)18/h1-2,6-7,10H,3-5,8-9H2. The lowest BCUT2D eigenvalue weighted by molar-refractivity contribution is -0.138. The third-order valence-electron chi connectivity index (χ3n) is 3.56. The number of alkyl halides is 4. The van der Waals surface area contributed by atoms with Gasteiger partial charge in [-0.3, -0.25) is 4.79 Å². The monoisotopic (exact) mass is 349 g/mol. The van der Waals surface area contributed by atoms with Gasteiger partial charge >= 0.3 is 6.18 Å². The summed E-state index contributed by atoms with van der Waals surface area (Å²) >= 11 is 3.25. The van der Waals surface area contributed by atoms with Gasteiger partial charge in [-0.25, -0.2) is 0 Å². The van der Waals surface area contributed by atoms with E-state index in [1.807, 2.05) is 0 Å². The van der Waals surface area contributed by atoms with Gasteiger partial charge in [0.1, 0.15) is 0 Å². The van der Waals surface area contributed by atoms with Gasteiger partial charge in [0.25, 0.3) is 5.91 Å². The van der Waals surface area contributed by atoms with Crippen molar-refractivity contribution in [2.45, 2.75) is 31.5 Å². The highest BCUT2D eigenvalue weighted by Crippen LogP contribution is 2.34. The van der Waals surface area contributed by atoms with Crippen LogP contribution in [0.3, 0.4) is 0 Å². The number of benzene rings is 1. The second kappa shape index (κ2) is 6.16. The summed E-state index contributed by atoms with van der Waals surface area (Å²) in [6.45, 7) is 0.426. The average Bonchev–Trinajstić information content (AvgIpc) is 2.34. The Hall–Kier alpha value is -1.04. The Kier molecular flexibility index (Phi) is 4.73. The molecule has 1 saturated carbocycles. The minimum absolute atomic E-state index is 0.0707. The van der Waals surface area contributed by atoms with E-state index in [0.717, 1.165) is 25.3 Å². The molecule has 0 atom stereocenters. The number of rotatable bonds is 4. The Morgan fingerprint density at radius 1 is 1.30 bits per heavy atom. The molecule has 2 rings (SSSR count). The zero-order valence-corrected chi connectivity index (χ0v) is 12.4. The summed E-state index contributed by atoms with van der Waals surface area (Å²) in [5, 5.41) is 0.559. The smallest absolute Gasteiger partial charge is 0.335 e. The molecule has 20 heavy (non-hydrogen) atoms. The fourth-order valence-electron chi connectivity index (χ4n) is 2.31. The molecule has 1 aromatic carbocycles. The molecule has 0 bridgehead atoms. The molecule has 0 N–H and O–H groups in total. The van der Waals surface area contributed by atoms with E-state index in [-0.39, 0.29) is 11.6 Å². The molecule has 0 spiro atoms. The summed E-state index contributed by atoms with van der Waals surface area (Å²) in [6, 6.07) is 5.06. The number of carbonyl (C=O) groups excluding carboxylic acids is 1. The molecule has 0 heterocycles. The third kappa shape index (κ3) is 3.16. The van der Waals surface area contributed by atoms with Crippen LogP contribution >= 0.6 is 15.9 Å². The zero-order chi connectivity index (χ0) is 14.8. The van der Waals surface area contributed by atoms with Gasteiger partial charge in [-0.1, -0.05) is 28.1 Å². The molecule has 0 aromatic heterocycles. The summed E-state index contributed by atoms with van der Waals surface area (Å²) in [4.78, 5) is 14.0. The summed E-state index contributed by atoms with van der Waals surface area (Å²) in [6.07, 6.45) is -1.75. The first-order chi connectivity index (χ1) is 9.45. The minimum Gasteiger partial charge on any atom is -0.335 e. The molecule has 2 nitrogen and oxygen atoms in total. The van der Waals surface area contributed by atoms with E-state index >= 15 is 0 Å². The van der Waals surface area contributed by atoms with E-state index in [4.69, 9.17) is 0 Å². The van der Waals surface area contributed by atoms with Gasteiger partial charge in [-0.05, 0) is 31.4 Å². The lowest BCUT2D eigenvalue weighted by Gasteiger charge is -2.37. The minimum atomic E-state index is -4.51. The van der Waals surface area contributed by atoms with E-state index < -0.39 is 17.6 Å². The van der Waals surface area contributed by atoms with Crippen LogP contribution in [0.15, 0.2) is 24.3 Å². The van der Waals surface area contributed by atoms with Crippen molar-refractivity contribution in [3.63, 3.8) is 0 Å². The first-order valence-corrected chi connectivity index (χ1v) is 7.60. The quantitative estimate of drug-likeness (QED) is 0.749. The van der Waals surface area contributed by atoms with Gasteiger partial charge in [0.2, 0.25) is 0 Å². The molecular weight excluding hydrogens is 335 g/mol. The molecule has 6 heteroatoms. The van der Waals surface area contributed by atoms with Crippen molar-refractivity contribution in [3.05, 3.63) is 35.4 Å². The van der Waals surface area contributed by atoms with Gasteiger partial charge in [0.15, 0.2) is 0 Å². The molecule has 1 aliphatic carbocycles. The fraction of sp³-hybridized carbons (Fsp3) is 0.500. The van der Waals surface area contributed by atoms with E-state index in [1.54, 1.807) is 4.90 Å². The Balaban J connectivity index is 2.31. The molecule has 0 unspecified atom stereocenters. The molecule has 0 radical (unpaired) electrons. The first kappa shape index (κ1) is 15.4. The van der Waals surface area contributed by atoms with Crippen molar-refractivity contribution in [3.8, 4) is 0 Å². The van der Waals surface area contributed by atoms with Gasteiger partial charge < -0.3 is 4.90 Å². The lowest BCUT2D eigenvalue weighted by atomic mass is 9.90. The normalized spacial score (nSPS) is 15.8. The van der Waals surface area contributed by atoms with E-state index in [0.29, 0.717) is 11.9 Å². The summed E-state index contributed by atoms with van der Waals surface area (Å²) < 4.78 is 38.9. The maximum atomic E-state index is 13.0. The second-order valence-electron chi connectivity index (χ2n) is 4.82. The lowest BCUT2D eigenvalue weighted by Crippen LogP contribution is -2.45. The fourth-order valence-corrected chi connectivity index (χ4v) is 2.69. The number of hydrogen-bond donors (Lipinski definition) is 0. The highest BCUT2D eigenvalue weighted by atomic mass is 79.9. The number of carbonyl (C=O) groups is 1. The third-order valence-corrected chi connectivity index (χ3v) is 3.92. The van der Waals surface area contributed by atoms with Crippen LogP contribution in [0.5, 0.6) is 0 Å². The van der Waals surface area contributed by atoms with Crippen LogP contribution < -0.4 is 0 Å². The highest BCUT2D eigenvalue weighted by molar-refractivity contribution is 9.09. The molecule has 1 fully saturated rings. The topological polar surface area (TPSA) is 20.3 Å². The van der Waals surface area contributed by atoms with Crippen molar-refractivity contribution in [2.75, 3.05) is 11.9 Å². The summed E-state index contributed by atoms with van der Waals surface area (Å²) in [7, 11) is 0. The number of hydrogen-bond acceptors (Lipinski definition) is 1. The molecule has 0 aliphatic heterocycles.